The Hall–Kier alpha value is 0.759. The predicted octanol–water partition coefficient (Wildman–Crippen LogP) is 0.845. The van der Waals surface area contributed by atoms with E-state index in [-0.39, 0.29) is 21.5 Å². The summed E-state index contributed by atoms with van der Waals surface area (Å²) in [5, 5.41) is 0. The molecule has 0 saturated heterocycles. The number of thiocarbonyl (C=S) groups is 1. The summed E-state index contributed by atoms with van der Waals surface area (Å²) in [6, 6.07) is 0. The third-order valence-corrected chi connectivity index (χ3v) is 0.524. The molecule has 0 aliphatic carbocycles. The molecule has 0 heterocycles. The van der Waals surface area contributed by atoms with Crippen molar-refractivity contribution in [2.75, 3.05) is 7.11 Å². The minimum atomic E-state index is 0. The van der Waals surface area contributed by atoms with E-state index in [0.29, 0.717) is 0 Å². The summed E-state index contributed by atoms with van der Waals surface area (Å²) in [6.07, 6.45) is 0. The fourth-order valence-electron chi connectivity index (χ4n) is 0. The molecule has 0 bridgehead atoms. The molecular weight excluding hydrogens is 160 g/mol. The number of hydrogen-bond donors (Lipinski definition) is 1. The molecule has 0 N–H and O–H groups in total. The van der Waals surface area contributed by atoms with Crippen LogP contribution < -0.4 is 0 Å². The van der Waals surface area contributed by atoms with Gasteiger partial charge in [-0.2, -0.15) is 0 Å². The van der Waals surface area contributed by atoms with Crippen LogP contribution in [-0.4, -0.2) is 11.5 Å². The Morgan fingerprint density at radius 3 is 2.00 bits per heavy atom. The summed E-state index contributed by atoms with van der Waals surface area (Å²) in [5.74, 6) is 0. The number of methoxy groups -OCH3 is 1. The molecule has 0 amide bonds. The van der Waals surface area contributed by atoms with E-state index in [9.17, 15) is 0 Å². The maximum atomic E-state index is 4.35. The van der Waals surface area contributed by atoms with Gasteiger partial charge in [-0.15, -0.1) is 0 Å². The smallest absolute Gasteiger partial charge is 0.216 e. The van der Waals surface area contributed by atoms with Gasteiger partial charge in [-0.25, -0.2) is 0 Å². The average molecular weight is 164 g/mol. The molecule has 0 aliphatic heterocycles. The average Bonchev–Trinajstić information content (AvgIpc) is 1.38. The summed E-state index contributed by atoms with van der Waals surface area (Å²) < 4.78 is 4.63. The maximum Gasteiger partial charge on any atom is 0.216 e. The van der Waals surface area contributed by atoms with Crippen molar-refractivity contribution < 1.29 is 21.8 Å². The third-order valence-electron chi connectivity index (χ3n) is 0.175. The van der Waals surface area contributed by atoms with Crippen molar-refractivity contribution >= 4 is 29.2 Å². The maximum absolute atomic E-state index is 4.35. The van der Waals surface area contributed by atoms with Crippen LogP contribution in [0.4, 0.5) is 0 Å². The van der Waals surface area contributed by atoms with E-state index < -0.39 is 0 Å². The van der Waals surface area contributed by atoms with Crippen LogP contribution in [-0.2, 0) is 21.8 Å². The van der Waals surface area contributed by atoms with E-state index in [0.717, 1.165) is 0 Å². The Bertz CT molecular complexity index is 46.8. The van der Waals surface area contributed by atoms with Crippen molar-refractivity contribution in [3.05, 3.63) is 0 Å². The van der Waals surface area contributed by atoms with Crippen LogP contribution in [0.25, 0.3) is 0 Å². The minimum Gasteiger partial charge on any atom is -0.482 e. The molecule has 0 aromatic rings. The number of ether oxygens (including phenoxy) is 1. The fraction of sp³-hybridized carbons (Fsp3) is 0.500. The Kier molecular flexibility index (Phi) is 9.50. The zero-order valence-electron chi connectivity index (χ0n) is 3.12. The summed E-state index contributed by atoms with van der Waals surface area (Å²) in [7, 11) is 1.48. The van der Waals surface area contributed by atoms with Crippen LogP contribution in [0.3, 0.4) is 0 Å². The largest absolute Gasteiger partial charge is 0.482 e. The van der Waals surface area contributed by atoms with Gasteiger partial charge >= 0.3 is 0 Å². The van der Waals surface area contributed by atoms with Crippen molar-refractivity contribution in [2.24, 2.45) is 0 Å². The van der Waals surface area contributed by atoms with Crippen LogP contribution in [0.2, 0.25) is 0 Å². The molecule has 0 saturated carbocycles. The monoisotopic (exact) mass is 164 g/mol. The second-order valence-corrected chi connectivity index (χ2v) is 1.55. The van der Waals surface area contributed by atoms with Crippen molar-refractivity contribution in [3.63, 3.8) is 0 Å². The Morgan fingerprint density at radius 1 is 1.83 bits per heavy atom. The normalized spacial score (nSPS) is 5.67. The Labute approximate surface area is 58.3 Å². The van der Waals surface area contributed by atoms with E-state index in [1.54, 1.807) is 0 Å². The summed E-state index contributed by atoms with van der Waals surface area (Å²) in [4.78, 5) is 0. The predicted molar refractivity (Wildman–Crippen MR) is 28.6 cm³/mol. The number of thiol groups is 1. The molecule has 0 aromatic heterocycles. The first-order chi connectivity index (χ1) is 2.27. The van der Waals surface area contributed by atoms with Gasteiger partial charge in [0, 0.05) is 17.1 Å². The first-order valence-corrected chi connectivity index (χ1v) is 1.90. The van der Waals surface area contributed by atoms with Gasteiger partial charge in [-0.05, 0) is 12.2 Å². The minimum absolute atomic E-state index is 0. The van der Waals surface area contributed by atoms with Crippen LogP contribution >= 0.6 is 24.8 Å². The quantitative estimate of drug-likeness (QED) is 0.323. The van der Waals surface area contributed by atoms with Gasteiger partial charge in [0.25, 0.3) is 0 Å². The fourth-order valence-corrected chi connectivity index (χ4v) is 0. The van der Waals surface area contributed by atoms with Crippen LogP contribution in [0, 0.1) is 0 Å². The van der Waals surface area contributed by atoms with Crippen LogP contribution in [0.5, 0.6) is 0 Å². The second kappa shape index (κ2) is 5.76. The topological polar surface area (TPSA) is 9.23 Å². The van der Waals surface area contributed by atoms with Crippen molar-refractivity contribution in [3.8, 4) is 0 Å². The van der Waals surface area contributed by atoms with E-state index in [1.165, 1.54) is 7.11 Å². The molecule has 0 aliphatic rings. The first kappa shape index (κ1) is 9.90. The van der Waals surface area contributed by atoms with Gasteiger partial charge < -0.3 is 4.74 Å². The molecule has 0 rings (SSSR count). The Balaban J connectivity index is 0. The van der Waals surface area contributed by atoms with Crippen molar-refractivity contribution in [2.45, 2.75) is 0 Å². The molecule has 0 radical (unpaired) electrons. The molecule has 1 nitrogen and oxygen atoms in total. The summed E-state index contributed by atoms with van der Waals surface area (Å²) in [6.45, 7) is 0. The van der Waals surface area contributed by atoms with Gasteiger partial charge in [0.05, 0.1) is 7.11 Å². The van der Waals surface area contributed by atoms with Crippen molar-refractivity contribution in [1.29, 1.82) is 0 Å². The van der Waals surface area contributed by atoms with E-state index in [2.05, 4.69) is 29.6 Å². The van der Waals surface area contributed by atoms with E-state index in [4.69, 9.17) is 0 Å². The SMILES string of the molecule is COC(=S)S.[Fe]. The molecule has 4 heteroatoms. The zero-order valence-corrected chi connectivity index (χ0v) is 5.93. The summed E-state index contributed by atoms with van der Waals surface area (Å²) in [5.41, 5.74) is 0. The first-order valence-electron chi connectivity index (χ1n) is 1.04. The molecule has 0 spiro atoms. The molecule has 38 valence electrons. The van der Waals surface area contributed by atoms with Crippen LogP contribution in [0.15, 0.2) is 0 Å². The molecule has 0 aromatic carbocycles. The van der Waals surface area contributed by atoms with Crippen LogP contribution in [0.1, 0.15) is 0 Å². The van der Waals surface area contributed by atoms with E-state index in [1.807, 2.05) is 0 Å². The molecule has 0 unspecified atom stereocenters. The van der Waals surface area contributed by atoms with Gasteiger partial charge in [0.1, 0.15) is 0 Å². The number of hydrogen-bond acceptors (Lipinski definition) is 2. The summed E-state index contributed by atoms with van der Waals surface area (Å²) >= 11 is 7.95. The van der Waals surface area contributed by atoms with Crippen molar-refractivity contribution in [1.82, 2.24) is 0 Å². The van der Waals surface area contributed by atoms with Gasteiger partial charge in [-0.3, -0.25) is 0 Å². The molecule has 6 heavy (non-hydrogen) atoms. The van der Waals surface area contributed by atoms with Gasteiger partial charge in [0.2, 0.25) is 4.38 Å². The standard InChI is InChI=1S/C2H4OS2.Fe/c1-3-2(4)5;/h1H3,(H,4,5);. The van der Waals surface area contributed by atoms with E-state index >= 15 is 0 Å². The Morgan fingerprint density at radius 2 is 2.00 bits per heavy atom. The zero-order chi connectivity index (χ0) is 4.28. The molecule has 0 fully saturated rings. The molecular formula is C2H4FeOS2. The second-order valence-electron chi connectivity index (χ2n) is 0.470. The number of rotatable bonds is 0. The third kappa shape index (κ3) is 8.83. The van der Waals surface area contributed by atoms with Gasteiger partial charge in [0.15, 0.2) is 0 Å². The molecule has 0 atom stereocenters. The van der Waals surface area contributed by atoms with Gasteiger partial charge in [-0.1, -0.05) is 12.6 Å².